The number of benzene rings is 1. The van der Waals surface area contributed by atoms with Gasteiger partial charge in [-0.3, -0.25) is 9.89 Å². The standard InChI is InChI=1S/C13H17N5O3/c1-7(12-15-6-16-18-12)17-13(19)8-4-10(20-2)11(21-3)5-9(8)14/h4-7H,14H2,1-3H3,(H,17,19)(H,15,16,18). The van der Waals surface area contributed by atoms with Crippen LogP contribution in [0.5, 0.6) is 11.5 Å². The van der Waals surface area contributed by atoms with Crippen molar-refractivity contribution in [2.24, 2.45) is 0 Å². The second-order valence-corrected chi connectivity index (χ2v) is 4.36. The Morgan fingerprint density at radius 2 is 2.00 bits per heavy atom. The third-order valence-corrected chi connectivity index (χ3v) is 2.99. The van der Waals surface area contributed by atoms with Crippen LogP contribution in [0.3, 0.4) is 0 Å². The molecule has 0 bridgehead atoms. The van der Waals surface area contributed by atoms with Gasteiger partial charge in [-0.25, -0.2) is 4.98 Å². The maximum Gasteiger partial charge on any atom is 0.254 e. The molecular weight excluding hydrogens is 274 g/mol. The molecule has 0 aliphatic rings. The molecule has 0 aliphatic heterocycles. The predicted molar refractivity (Wildman–Crippen MR) is 76.2 cm³/mol. The molecule has 2 rings (SSSR count). The molecule has 112 valence electrons. The Balaban J connectivity index is 2.23. The molecule has 21 heavy (non-hydrogen) atoms. The van der Waals surface area contributed by atoms with Crippen LogP contribution in [0, 0.1) is 0 Å². The number of carbonyl (C=O) groups is 1. The van der Waals surface area contributed by atoms with E-state index in [1.165, 1.54) is 26.6 Å². The maximum absolute atomic E-state index is 12.3. The van der Waals surface area contributed by atoms with Crippen molar-refractivity contribution < 1.29 is 14.3 Å². The average molecular weight is 291 g/mol. The SMILES string of the molecule is COc1cc(N)c(C(=O)NC(C)c2ncn[nH]2)cc1OC. The summed E-state index contributed by atoms with van der Waals surface area (Å²) < 4.78 is 10.3. The highest BCUT2D eigenvalue weighted by Crippen LogP contribution is 2.32. The topological polar surface area (TPSA) is 115 Å². The van der Waals surface area contributed by atoms with E-state index in [-0.39, 0.29) is 11.9 Å². The summed E-state index contributed by atoms with van der Waals surface area (Å²) >= 11 is 0. The van der Waals surface area contributed by atoms with Gasteiger partial charge in [-0.05, 0) is 13.0 Å². The van der Waals surface area contributed by atoms with Crippen LogP contribution in [0.25, 0.3) is 0 Å². The number of methoxy groups -OCH3 is 2. The first kappa shape index (κ1) is 14.6. The Morgan fingerprint density at radius 3 is 2.57 bits per heavy atom. The highest BCUT2D eigenvalue weighted by atomic mass is 16.5. The summed E-state index contributed by atoms with van der Waals surface area (Å²) in [5, 5.41) is 9.22. The number of carbonyl (C=O) groups excluding carboxylic acids is 1. The van der Waals surface area contributed by atoms with Gasteiger partial charge >= 0.3 is 0 Å². The zero-order valence-electron chi connectivity index (χ0n) is 12.0. The summed E-state index contributed by atoms with van der Waals surface area (Å²) in [7, 11) is 3.00. The van der Waals surface area contributed by atoms with E-state index in [1.807, 2.05) is 0 Å². The quantitative estimate of drug-likeness (QED) is 0.705. The van der Waals surface area contributed by atoms with Gasteiger partial charge in [-0.15, -0.1) is 0 Å². The molecule has 0 radical (unpaired) electrons. The molecule has 0 aliphatic carbocycles. The molecule has 0 spiro atoms. The fraction of sp³-hybridized carbons (Fsp3) is 0.308. The molecule has 4 N–H and O–H groups in total. The Morgan fingerprint density at radius 1 is 1.33 bits per heavy atom. The van der Waals surface area contributed by atoms with Crippen molar-refractivity contribution >= 4 is 11.6 Å². The van der Waals surface area contributed by atoms with Crippen LogP contribution in [0.15, 0.2) is 18.5 Å². The summed E-state index contributed by atoms with van der Waals surface area (Å²) in [4.78, 5) is 16.3. The predicted octanol–water partition coefficient (Wildman–Crippen LogP) is 0.895. The third-order valence-electron chi connectivity index (χ3n) is 2.99. The molecule has 8 heteroatoms. The van der Waals surface area contributed by atoms with E-state index in [0.717, 1.165) is 0 Å². The number of nitrogens with two attached hydrogens (primary N) is 1. The van der Waals surface area contributed by atoms with E-state index in [2.05, 4.69) is 20.5 Å². The third kappa shape index (κ3) is 3.04. The largest absolute Gasteiger partial charge is 0.493 e. The molecule has 8 nitrogen and oxygen atoms in total. The smallest absolute Gasteiger partial charge is 0.254 e. The molecule has 0 saturated heterocycles. The second kappa shape index (κ2) is 6.12. The highest BCUT2D eigenvalue weighted by molar-refractivity contribution is 6.00. The van der Waals surface area contributed by atoms with Gasteiger partial charge in [0.05, 0.1) is 25.8 Å². The van der Waals surface area contributed by atoms with Crippen molar-refractivity contribution in [3.8, 4) is 11.5 Å². The minimum absolute atomic E-state index is 0.301. The van der Waals surface area contributed by atoms with Gasteiger partial charge in [0.1, 0.15) is 12.2 Å². The number of hydrogen-bond acceptors (Lipinski definition) is 6. The number of rotatable bonds is 5. The van der Waals surface area contributed by atoms with Crippen molar-refractivity contribution in [3.05, 3.63) is 29.8 Å². The number of nitrogen functional groups attached to an aromatic ring is 1. The summed E-state index contributed by atoms with van der Waals surface area (Å²) in [6.45, 7) is 1.79. The minimum Gasteiger partial charge on any atom is -0.493 e. The lowest BCUT2D eigenvalue weighted by Gasteiger charge is -2.15. The molecule has 0 fully saturated rings. The Labute approximate surface area is 121 Å². The van der Waals surface area contributed by atoms with Gasteiger partial charge in [-0.1, -0.05) is 0 Å². The maximum atomic E-state index is 12.3. The summed E-state index contributed by atoms with van der Waals surface area (Å²) in [6.07, 6.45) is 1.38. The van der Waals surface area contributed by atoms with Crippen LogP contribution < -0.4 is 20.5 Å². The zero-order valence-corrected chi connectivity index (χ0v) is 12.0. The Kier molecular flexibility index (Phi) is 4.27. The number of aromatic amines is 1. The van der Waals surface area contributed by atoms with Gasteiger partial charge in [-0.2, -0.15) is 5.10 Å². The second-order valence-electron chi connectivity index (χ2n) is 4.36. The van der Waals surface area contributed by atoms with E-state index < -0.39 is 0 Å². The van der Waals surface area contributed by atoms with Gasteiger partial charge in [0, 0.05) is 11.8 Å². The number of aromatic nitrogens is 3. The lowest BCUT2D eigenvalue weighted by molar-refractivity contribution is 0.0939. The Hall–Kier alpha value is -2.77. The van der Waals surface area contributed by atoms with Crippen LogP contribution in [-0.4, -0.2) is 35.3 Å². The number of nitrogens with zero attached hydrogens (tertiary/aromatic N) is 2. The van der Waals surface area contributed by atoms with E-state index in [9.17, 15) is 4.79 Å². The van der Waals surface area contributed by atoms with Gasteiger partial charge < -0.3 is 20.5 Å². The van der Waals surface area contributed by atoms with Gasteiger partial charge in [0.15, 0.2) is 11.5 Å². The van der Waals surface area contributed by atoms with E-state index in [4.69, 9.17) is 15.2 Å². The number of anilines is 1. The first-order valence-corrected chi connectivity index (χ1v) is 6.24. The highest BCUT2D eigenvalue weighted by Gasteiger charge is 2.18. The van der Waals surface area contributed by atoms with Crippen LogP contribution in [0.1, 0.15) is 29.1 Å². The number of ether oxygens (including phenoxy) is 2. The molecular formula is C13H17N5O3. The van der Waals surface area contributed by atoms with Crippen molar-refractivity contribution in [3.63, 3.8) is 0 Å². The lowest BCUT2D eigenvalue weighted by Crippen LogP contribution is -2.28. The molecule has 1 aromatic carbocycles. The van der Waals surface area contributed by atoms with Crippen molar-refractivity contribution in [2.45, 2.75) is 13.0 Å². The molecule has 1 aromatic heterocycles. The molecule has 1 amide bonds. The normalized spacial score (nSPS) is 11.8. The fourth-order valence-corrected chi connectivity index (χ4v) is 1.86. The average Bonchev–Trinajstić information content (AvgIpc) is 3.00. The fourth-order valence-electron chi connectivity index (χ4n) is 1.86. The van der Waals surface area contributed by atoms with E-state index in [0.29, 0.717) is 28.6 Å². The van der Waals surface area contributed by atoms with Crippen molar-refractivity contribution in [1.82, 2.24) is 20.5 Å². The van der Waals surface area contributed by atoms with Crippen LogP contribution in [-0.2, 0) is 0 Å². The van der Waals surface area contributed by atoms with Crippen molar-refractivity contribution in [2.75, 3.05) is 20.0 Å². The molecule has 2 aromatic rings. The molecule has 0 saturated carbocycles. The van der Waals surface area contributed by atoms with Crippen LogP contribution >= 0.6 is 0 Å². The van der Waals surface area contributed by atoms with Crippen molar-refractivity contribution in [1.29, 1.82) is 0 Å². The van der Waals surface area contributed by atoms with Crippen LogP contribution in [0.4, 0.5) is 5.69 Å². The first-order chi connectivity index (χ1) is 10.1. The summed E-state index contributed by atoms with van der Waals surface area (Å²) in [6, 6.07) is 2.76. The first-order valence-electron chi connectivity index (χ1n) is 6.24. The minimum atomic E-state index is -0.336. The summed E-state index contributed by atoms with van der Waals surface area (Å²) in [5.74, 6) is 1.12. The number of hydrogen-bond donors (Lipinski definition) is 3. The Bertz CT molecular complexity index is 627. The lowest BCUT2D eigenvalue weighted by atomic mass is 10.1. The monoisotopic (exact) mass is 291 g/mol. The van der Waals surface area contributed by atoms with E-state index >= 15 is 0 Å². The van der Waals surface area contributed by atoms with Gasteiger partial charge in [0.25, 0.3) is 5.91 Å². The number of amides is 1. The molecule has 1 atom stereocenters. The van der Waals surface area contributed by atoms with Gasteiger partial charge in [0.2, 0.25) is 0 Å². The zero-order chi connectivity index (χ0) is 15.4. The molecule has 1 heterocycles. The number of nitrogens with one attached hydrogen (secondary N) is 2. The molecule has 1 unspecified atom stereocenters. The number of H-pyrrole nitrogens is 1. The van der Waals surface area contributed by atoms with E-state index in [1.54, 1.807) is 13.0 Å². The van der Waals surface area contributed by atoms with Crippen LogP contribution in [0.2, 0.25) is 0 Å². The summed E-state index contributed by atoms with van der Waals surface area (Å²) in [5.41, 5.74) is 6.49.